The van der Waals surface area contributed by atoms with Crippen LogP contribution in [0.25, 0.3) is 0 Å². The zero-order valence-electron chi connectivity index (χ0n) is 8.45. The highest BCUT2D eigenvalue weighted by Gasteiger charge is 2.42. The van der Waals surface area contributed by atoms with E-state index >= 15 is 0 Å². The van der Waals surface area contributed by atoms with E-state index in [9.17, 15) is 9.59 Å². The highest BCUT2D eigenvalue weighted by molar-refractivity contribution is 5.87. The first-order chi connectivity index (χ1) is 6.72. The van der Waals surface area contributed by atoms with E-state index < -0.39 is 0 Å². The summed E-state index contributed by atoms with van der Waals surface area (Å²) in [5, 5.41) is 2.61. The van der Waals surface area contributed by atoms with Gasteiger partial charge in [-0.2, -0.15) is 0 Å². The van der Waals surface area contributed by atoms with Gasteiger partial charge in [-0.3, -0.25) is 9.59 Å². The summed E-state index contributed by atoms with van der Waals surface area (Å²) in [6.07, 6.45) is 2.71. The maximum absolute atomic E-state index is 11.6. The smallest absolute Gasteiger partial charge is 0.242 e. The Kier molecular flexibility index (Phi) is 2.44. The van der Waals surface area contributed by atoms with Gasteiger partial charge in [-0.1, -0.05) is 13.3 Å². The number of hydrogen-bond acceptors (Lipinski definition) is 2. The molecular weight excluding hydrogens is 180 g/mol. The van der Waals surface area contributed by atoms with Crippen LogP contribution in [0.15, 0.2) is 0 Å². The average Bonchev–Trinajstić information content (AvgIpc) is 2.93. The van der Waals surface area contributed by atoms with E-state index in [2.05, 4.69) is 12.2 Å². The van der Waals surface area contributed by atoms with Crippen LogP contribution >= 0.6 is 0 Å². The summed E-state index contributed by atoms with van der Waals surface area (Å²) in [5.74, 6) is 0.749. The van der Waals surface area contributed by atoms with Gasteiger partial charge in [0.15, 0.2) is 0 Å². The van der Waals surface area contributed by atoms with E-state index in [1.165, 1.54) is 0 Å². The molecule has 1 aliphatic heterocycles. The summed E-state index contributed by atoms with van der Waals surface area (Å²) in [6, 6.07) is 0.417. The Morgan fingerprint density at radius 3 is 2.93 bits per heavy atom. The summed E-state index contributed by atoms with van der Waals surface area (Å²) >= 11 is 0. The Morgan fingerprint density at radius 1 is 1.50 bits per heavy atom. The molecule has 2 rings (SSSR count). The number of rotatable bonds is 2. The van der Waals surface area contributed by atoms with Gasteiger partial charge in [-0.15, -0.1) is 0 Å². The molecule has 2 unspecified atom stereocenters. The Labute approximate surface area is 83.6 Å². The van der Waals surface area contributed by atoms with Crippen molar-refractivity contribution in [3.63, 3.8) is 0 Å². The maximum atomic E-state index is 11.6. The average molecular weight is 196 g/mol. The molecule has 1 N–H and O–H groups in total. The van der Waals surface area contributed by atoms with Gasteiger partial charge >= 0.3 is 0 Å². The molecule has 0 spiro atoms. The van der Waals surface area contributed by atoms with Gasteiger partial charge < -0.3 is 10.2 Å². The molecule has 0 aromatic carbocycles. The lowest BCUT2D eigenvalue weighted by atomic mass is 10.3. The van der Waals surface area contributed by atoms with Crippen molar-refractivity contribution >= 4 is 11.8 Å². The minimum absolute atomic E-state index is 0.00505. The summed E-state index contributed by atoms with van der Waals surface area (Å²) in [6.45, 7) is 2.94. The van der Waals surface area contributed by atoms with Crippen molar-refractivity contribution < 1.29 is 9.59 Å². The van der Waals surface area contributed by atoms with Crippen molar-refractivity contribution in [2.75, 3.05) is 13.1 Å². The van der Waals surface area contributed by atoms with E-state index in [-0.39, 0.29) is 18.4 Å². The van der Waals surface area contributed by atoms with Crippen LogP contribution in [0.4, 0.5) is 0 Å². The molecule has 78 valence electrons. The second-order valence-electron chi connectivity index (χ2n) is 4.09. The van der Waals surface area contributed by atoms with E-state index in [0.29, 0.717) is 24.9 Å². The fourth-order valence-electron chi connectivity index (χ4n) is 2.11. The van der Waals surface area contributed by atoms with Crippen molar-refractivity contribution in [1.82, 2.24) is 10.2 Å². The van der Waals surface area contributed by atoms with Crippen LogP contribution < -0.4 is 5.32 Å². The first-order valence-electron chi connectivity index (χ1n) is 5.28. The second kappa shape index (κ2) is 3.59. The number of carbonyl (C=O) groups excluding carboxylic acids is 2. The van der Waals surface area contributed by atoms with Gasteiger partial charge in [0, 0.05) is 19.0 Å². The zero-order chi connectivity index (χ0) is 10.1. The lowest BCUT2D eigenvalue weighted by Crippen LogP contribution is -2.37. The largest absolute Gasteiger partial charge is 0.347 e. The Balaban J connectivity index is 1.97. The van der Waals surface area contributed by atoms with Crippen LogP contribution in [0.3, 0.4) is 0 Å². The predicted octanol–water partition coefficient (Wildman–Crippen LogP) is 0.133. The molecule has 1 aliphatic carbocycles. The van der Waals surface area contributed by atoms with Gasteiger partial charge in [0.05, 0.1) is 6.54 Å². The van der Waals surface area contributed by atoms with Crippen LogP contribution in [0, 0.1) is 5.92 Å². The van der Waals surface area contributed by atoms with Crippen molar-refractivity contribution in [1.29, 1.82) is 0 Å². The Bertz CT molecular complexity index is 265. The molecule has 0 aromatic heterocycles. The highest BCUT2D eigenvalue weighted by Crippen LogP contribution is 2.38. The molecule has 1 saturated carbocycles. The summed E-state index contributed by atoms with van der Waals surface area (Å²) in [5.41, 5.74) is 0. The zero-order valence-corrected chi connectivity index (χ0v) is 8.45. The summed E-state index contributed by atoms with van der Waals surface area (Å²) in [7, 11) is 0. The fourth-order valence-corrected chi connectivity index (χ4v) is 2.11. The van der Waals surface area contributed by atoms with Crippen LogP contribution in [0.2, 0.25) is 0 Å². The number of carbonyl (C=O) groups is 2. The number of nitrogens with zero attached hydrogens (tertiary/aromatic N) is 1. The van der Waals surface area contributed by atoms with E-state index in [1.807, 2.05) is 4.90 Å². The molecule has 14 heavy (non-hydrogen) atoms. The minimum atomic E-state index is -0.00505. The van der Waals surface area contributed by atoms with Crippen LogP contribution in [-0.4, -0.2) is 35.8 Å². The van der Waals surface area contributed by atoms with Crippen LogP contribution in [-0.2, 0) is 9.59 Å². The van der Waals surface area contributed by atoms with Crippen molar-refractivity contribution in [3.8, 4) is 0 Å². The maximum Gasteiger partial charge on any atom is 0.242 e. The third-order valence-electron chi connectivity index (χ3n) is 3.15. The standard InChI is InChI=1S/C10H16N2O2/c1-2-7-5-8(7)12-4-3-9(13)11-6-10(12)14/h7-8H,2-6H2,1H3,(H,11,13). The Hall–Kier alpha value is -1.06. The van der Waals surface area contributed by atoms with E-state index in [4.69, 9.17) is 0 Å². The third-order valence-corrected chi connectivity index (χ3v) is 3.15. The topological polar surface area (TPSA) is 49.4 Å². The Morgan fingerprint density at radius 2 is 2.29 bits per heavy atom. The highest BCUT2D eigenvalue weighted by atomic mass is 16.2. The monoisotopic (exact) mass is 196 g/mol. The van der Waals surface area contributed by atoms with Gasteiger partial charge in [-0.25, -0.2) is 0 Å². The van der Waals surface area contributed by atoms with E-state index in [0.717, 1.165) is 12.8 Å². The molecular formula is C10H16N2O2. The quantitative estimate of drug-likeness (QED) is 0.682. The first-order valence-corrected chi connectivity index (χ1v) is 5.28. The number of amides is 2. The third kappa shape index (κ3) is 1.74. The molecule has 1 heterocycles. The van der Waals surface area contributed by atoms with Gasteiger partial charge in [-0.05, 0) is 12.3 Å². The van der Waals surface area contributed by atoms with Crippen LogP contribution in [0.5, 0.6) is 0 Å². The SMILES string of the molecule is CCC1CC1N1CCC(=O)NCC1=O. The van der Waals surface area contributed by atoms with E-state index in [1.54, 1.807) is 0 Å². The lowest BCUT2D eigenvalue weighted by molar-refractivity contribution is -0.130. The molecule has 2 amide bonds. The normalized spacial score (nSPS) is 32.5. The molecule has 0 aromatic rings. The molecule has 4 heteroatoms. The minimum Gasteiger partial charge on any atom is -0.347 e. The molecule has 4 nitrogen and oxygen atoms in total. The molecule has 0 radical (unpaired) electrons. The first kappa shape index (κ1) is 9.49. The number of hydrogen-bond donors (Lipinski definition) is 1. The van der Waals surface area contributed by atoms with Gasteiger partial charge in [0.25, 0.3) is 0 Å². The van der Waals surface area contributed by atoms with Gasteiger partial charge in [0.1, 0.15) is 0 Å². The predicted molar refractivity (Wildman–Crippen MR) is 51.5 cm³/mol. The van der Waals surface area contributed by atoms with Crippen LogP contribution in [0.1, 0.15) is 26.2 Å². The molecule has 1 saturated heterocycles. The molecule has 0 bridgehead atoms. The second-order valence-corrected chi connectivity index (χ2v) is 4.09. The molecule has 2 aliphatic rings. The summed E-state index contributed by atoms with van der Waals surface area (Å²) < 4.78 is 0. The van der Waals surface area contributed by atoms with Gasteiger partial charge in [0.2, 0.25) is 11.8 Å². The fraction of sp³-hybridized carbons (Fsp3) is 0.800. The summed E-state index contributed by atoms with van der Waals surface area (Å²) in [4.78, 5) is 24.6. The van der Waals surface area contributed by atoms with Crippen molar-refractivity contribution in [2.24, 2.45) is 5.92 Å². The van der Waals surface area contributed by atoms with Crippen molar-refractivity contribution in [3.05, 3.63) is 0 Å². The molecule has 2 fully saturated rings. The lowest BCUT2D eigenvalue weighted by Gasteiger charge is -2.19. The number of nitrogens with one attached hydrogen (secondary N) is 1. The van der Waals surface area contributed by atoms with Crippen molar-refractivity contribution in [2.45, 2.75) is 32.2 Å². The molecule has 2 atom stereocenters.